The lowest BCUT2D eigenvalue weighted by Gasteiger charge is -2.00. The minimum atomic E-state index is -0.462. The molecule has 0 amide bonds. The Bertz CT molecular complexity index is 602. The molecule has 2 aromatic rings. The van der Waals surface area contributed by atoms with Gasteiger partial charge >= 0.3 is 0 Å². The van der Waals surface area contributed by atoms with Crippen LogP contribution in [0.15, 0.2) is 18.2 Å². The Hall–Kier alpha value is -1.57. The summed E-state index contributed by atoms with van der Waals surface area (Å²) in [6.45, 7) is 0.777. The summed E-state index contributed by atoms with van der Waals surface area (Å²) < 4.78 is 0. The summed E-state index contributed by atoms with van der Waals surface area (Å²) in [7, 11) is 1.85. The van der Waals surface area contributed by atoms with E-state index in [0.29, 0.717) is 15.6 Å². The highest BCUT2D eigenvalue weighted by Gasteiger charge is 2.21. The van der Waals surface area contributed by atoms with Gasteiger partial charge in [0.1, 0.15) is 10.6 Å². The Morgan fingerprint density at radius 3 is 2.95 bits per heavy atom. The lowest BCUT2D eigenvalue weighted by Crippen LogP contribution is -2.09. The first-order valence-corrected chi connectivity index (χ1v) is 6.73. The predicted molar refractivity (Wildman–Crippen MR) is 74.6 cm³/mol. The third kappa shape index (κ3) is 3.06. The van der Waals surface area contributed by atoms with Gasteiger partial charge in [-0.3, -0.25) is 10.1 Å². The molecule has 0 aliphatic heterocycles. The van der Waals surface area contributed by atoms with Crippen molar-refractivity contribution < 1.29 is 4.92 Å². The zero-order valence-corrected chi connectivity index (χ0v) is 11.7. The van der Waals surface area contributed by atoms with Crippen LogP contribution in [0.2, 0.25) is 5.02 Å². The molecule has 0 bridgehead atoms. The van der Waals surface area contributed by atoms with Crippen molar-refractivity contribution in [3.8, 4) is 10.6 Å². The summed E-state index contributed by atoms with van der Waals surface area (Å²) in [5.74, 6) is 0. The minimum absolute atomic E-state index is 0.0520. The number of rotatable bonds is 5. The normalized spacial score (nSPS) is 10.6. The second-order valence-corrected chi connectivity index (χ2v) is 5.21. The minimum Gasteiger partial charge on any atom is -0.319 e. The Morgan fingerprint density at radius 1 is 1.47 bits per heavy atom. The molecule has 0 spiro atoms. The number of likely N-dealkylation sites (N-methyl/N-ethyl adjacent to an activating group) is 1. The molecular formula is C11H11ClN4O2S. The van der Waals surface area contributed by atoms with E-state index in [1.165, 1.54) is 17.4 Å². The largest absolute Gasteiger partial charge is 0.319 e. The molecule has 0 fully saturated rings. The van der Waals surface area contributed by atoms with Gasteiger partial charge in [-0.2, -0.15) is 0 Å². The Morgan fingerprint density at radius 2 is 2.26 bits per heavy atom. The molecule has 0 atom stereocenters. The van der Waals surface area contributed by atoms with Crippen molar-refractivity contribution in [1.82, 2.24) is 15.5 Å². The molecule has 2 rings (SSSR count). The summed E-state index contributed by atoms with van der Waals surface area (Å²) in [4.78, 5) is 10.6. The van der Waals surface area contributed by atoms with Crippen LogP contribution in [-0.2, 0) is 6.42 Å². The number of nitrogens with zero attached hydrogens (tertiary/aromatic N) is 3. The van der Waals surface area contributed by atoms with Gasteiger partial charge in [0.15, 0.2) is 5.01 Å². The van der Waals surface area contributed by atoms with Gasteiger partial charge in [-0.15, -0.1) is 10.2 Å². The van der Waals surface area contributed by atoms with Gasteiger partial charge in [-0.1, -0.05) is 29.0 Å². The zero-order valence-electron chi connectivity index (χ0n) is 10.1. The van der Waals surface area contributed by atoms with Gasteiger partial charge in [0.05, 0.1) is 9.95 Å². The van der Waals surface area contributed by atoms with E-state index in [0.717, 1.165) is 18.0 Å². The summed E-state index contributed by atoms with van der Waals surface area (Å²) in [5, 5.41) is 23.6. The van der Waals surface area contributed by atoms with Crippen molar-refractivity contribution in [2.24, 2.45) is 0 Å². The lowest BCUT2D eigenvalue weighted by molar-refractivity contribution is -0.384. The van der Waals surface area contributed by atoms with Crippen LogP contribution >= 0.6 is 22.9 Å². The van der Waals surface area contributed by atoms with Gasteiger partial charge in [0.25, 0.3) is 5.69 Å². The molecule has 0 aliphatic carbocycles. The van der Waals surface area contributed by atoms with Crippen LogP contribution in [0.25, 0.3) is 10.6 Å². The summed E-state index contributed by atoms with van der Waals surface area (Å²) in [6.07, 6.45) is 0.729. The smallest absolute Gasteiger partial charge is 0.281 e. The van der Waals surface area contributed by atoms with E-state index in [9.17, 15) is 10.1 Å². The van der Waals surface area contributed by atoms with Crippen LogP contribution in [0.3, 0.4) is 0 Å². The van der Waals surface area contributed by atoms with E-state index < -0.39 is 4.92 Å². The molecular weight excluding hydrogens is 288 g/mol. The number of hydrogen-bond donors (Lipinski definition) is 1. The molecule has 19 heavy (non-hydrogen) atoms. The highest BCUT2D eigenvalue weighted by Crippen LogP contribution is 2.37. The van der Waals surface area contributed by atoms with Crippen molar-refractivity contribution in [2.75, 3.05) is 13.6 Å². The Balaban J connectivity index is 2.41. The monoisotopic (exact) mass is 298 g/mol. The van der Waals surface area contributed by atoms with Crippen LogP contribution < -0.4 is 5.32 Å². The Kier molecular flexibility index (Phi) is 4.41. The highest BCUT2D eigenvalue weighted by atomic mass is 35.5. The molecule has 1 heterocycles. The Labute approximate surface area is 118 Å². The number of halogens is 1. The summed E-state index contributed by atoms with van der Waals surface area (Å²) >= 11 is 7.36. The summed E-state index contributed by atoms with van der Waals surface area (Å²) in [6, 6.07) is 4.57. The molecule has 6 nitrogen and oxygen atoms in total. The molecule has 100 valence electrons. The fourth-order valence-corrected chi connectivity index (χ4v) is 2.79. The van der Waals surface area contributed by atoms with E-state index in [1.54, 1.807) is 12.1 Å². The number of benzene rings is 1. The molecule has 0 saturated carbocycles. The van der Waals surface area contributed by atoms with Crippen molar-refractivity contribution in [1.29, 1.82) is 0 Å². The van der Waals surface area contributed by atoms with Gasteiger partial charge in [0.2, 0.25) is 0 Å². The van der Waals surface area contributed by atoms with Gasteiger partial charge in [-0.25, -0.2) is 0 Å². The van der Waals surface area contributed by atoms with Crippen molar-refractivity contribution in [3.63, 3.8) is 0 Å². The van der Waals surface area contributed by atoms with E-state index in [-0.39, 0.29) is 5.69 Å². The third-order valence-corrected chi connectivity index (χ3v) is 3.77. The second kappa shape index (κ2) is 6.05. The van der Waals surface area contributed by atoms with Crippen LogP contribution in [0.4, 0.5) is 5.69 Å². The summed E-state index contributed by atoms with van der Waals surface area (Å²) in [5.41, 5.74) is 0.284. The molecule has 0 saturated heterocycles. The van der Waals surface area contributed by atoms with Gasteiger partial charge < -0.3 is 5.32 Å². The SMILES string of the molecule is CNCCc1nnc(-c2c(Cl)cccc2[N+](=O)[O-])s1. The first-order valence-electron chi connectivity index (χ1n) is 5.53. The van der Waals surface area contributed by atoms with E-state index >= 15 is 0 Å². The third-order valence-electron chi connectivity index (χ3n) is 2.46. The van der Waals surface area contributed by atoms with Crippen molar-refractivity contribution in [3.05, 3.63) is 38.3 Å². The number of aromatic nitrogens is 2. The number of nitro benzene ring substituents is 1. The van der Waals surface area contributed by atoms with Gasteiger partial charge in [0, 0.05) is 19.0 Å². The van der Waals surface area contributed by atoms with Gasteiger partial charge in [-0.05, 0) is 13.1 Å². The molecule has 8 heteroatoms. The number of hydrogen-bond acceptors (Lipinski definition) is 6. The van der Waals surface area contributed by atoms with Crippen LogP contribution in [-0.4, -0.2) is 28.7 Å². The average molecular weight is 299 g/mol. The molecule has 0 radical (unpaired) electrons. The van der Waals surface area contributed by atoms with Crippen molar-refractivity contribution >= 4 is 28.6 Å². The number of nitro groups is 1. The standard InChI is InChI=1S/C11H11ClN4O2S/c1-13-6-5-9-14-15-11(19-9)10-7(12)3-2-4-8(10)16(17)18/h2-4,13H,5-6H2,1H3. The van der Waals surface area contributed by atoms with Crippen molar-refractivity contribution in [2.45, 2.75) is 6.42 Å². The highest BCUT2D eigenvalue weighted by molar-refractivity contribution is 7.14. The molecule has 1 aromatic heterocycles. The quantitative estimate of drug-likeness (QED) is 0.677. The number of nitrogens with one attached hydrogen (secondary N) is 1. The van der Waals surface area contributed by atoms with Crippen LogP contribution in [0, 0.1) is 10.1 Å². The fraction of sp³-hybridized carbons (Fsp3) is 0.273. The second-order valence-electron chi connectivity index (χ2n) is 3.75. The van der Waals surface area contributed by atoms with Crippen LogP contribution in [0.1, 0.15) is 5.01 Å². The maximum atomic E-state index is 11.0. The van der Waals surface area contributed by atoms with E-state index in [1.807, 2.05) is 7.05 Å². The molecule has 1 aromatic carbocycles. The maximum absolute atomic E-state index is 11.0. The lowest BCUT2D eigenvalue weighted by atomic mass is 10.2. The molecule has 1 N–H and O–H groups in total. The van der Waals surface area contributed by atoms with E-state index in [2.05, 4.69) is 15.5 Å². The first kappa shape index (κ1) is 13.9. The molecule has 0 unspecified atom stereocenters. The zero-order chi connectivity index (χ0) is 13.8. The fourth-order valence-electron chi connectivity index (χ4n) is 1.56. The first-order chi connectivity index (χ1) is 9.13. The molecule has 0 aliphatic rings. The maximum Gasteiger partial charge on any atom is 0.281 e. The van der Waals surface area contributed by atoms with Crippen LogP contribution in [0.5, 0.6) is 0 Å². The average Bonchev–Trinajstić information content (AvgIpc) is 2.84. The topological polar surface area (TPSA) is 81.0 Å². The van der Waals surface area contributed by atoms with E-state index in [4.69, 9.17) is 11.6 Å². The predicted octanol–water partition coefficient (Wildman–Crippen LogP) is 2.53.